The van der Waals surface area contributed by atoms with Crippen LogP contribution in [0, 0.1) is 6.92 Å². The number of aryl methyl sites for hydroxylation is 1. The summed E-state index contributed by atoms with van der Waals surface area (Å²) in [4.78, 5) is 14.9. The average Bonchev–Trinajstić information content (AvgIpc) is 2.01. The predicted octanol–water partition coefficient (Wildman–Crippen LogP) is 0.759. The number of nitrogen functional groups attached to an aromatic ring is 1. The molecule has 1 heterocycles. The van der Waals surface area contributed by atoms with Crippen molar-refractivity contribution in [2.75, 3.05) is 12.8 Å². The van der Waals surface area contributed by atoms with Gasteiger partial charge in [0.05, 0.1) is 12.7 Å². The Balaban J connectivity index is 3.08. The normalized spacial score (nSPS) is 9.50. The van der Waals surface area contributed by atoms with Crippen LogP contribution < -0.4 is 5.73 Å². The van der Waals surface area contributed by atoms with Gasteiger partial charge in [-0.05, 0) is 19.1 Å². The fraction of sp³-hybridized carbons (Fsp3) is 0.250. The minimum atomic E-state index is -0.396. The molecular weight excluding hydrogens is 156 g/mol. The van der Waals surface area contributed by atoms with Gasteiger partial charge in [0.25, 0.3) is 0 Å². The van der Waals surface area contributed by atoms with E-state index >= 15 is 0 Å². The third kappa shape index (κ3) is 1.72. The number of carbonyl (C=O) groups is 1. The van der Waals surface area contributed by atoms with E-state index < -0.39 is 5.97 Å². The Bertz CT molecular complexity index is 290. The van der Waals surface area contributed by atoms with Crippen molar-refractivity contribution >= 4 is 11.8 Å². The van der Waals surface area contributed by atoms with Gasteiger partial charge in [0.1, 0.15) is 5.82 Å². The van der Waals surface area contributed by atoms with E-state index in [1.807, 2.05) is 0 Å². The Hall–Kier alpha value is -1.58. The van der Waals surface area contributed by atoms with Crippen molar-refractivity contribution in [2.24, 2.45) is 0 Å². The third-order valence-electron chi connectivity index (χ3n) is 1.39. The molecule has 0 saturated carbocycles. The second kappa shape index (κ2) is 3.21. The first-order chi connectivity index (χ1) is 5.63. The summed E-state index contributed by atoms with van der Waals surface area (Å²) in [7, 11) is 1.33. The number of esters is 1. The maximum Gasteiger partial charge on any atom is 0.338 e. The molecular formula is C8H10N2O2. The van der Waals surface area contributed by atoms with E-state index in [0.29, 0.717) is 17.1 Å². The molecule has 0 unspecified atom stereocenters. The number of hydrogen-bond acceptors (Lipinski definition) is 4. The lowest BCUT2D eigenvalue weighted by molar-refractivity contribution is 0.0600. The van der Waals surface area contributed by atoms with E-state index in [0.717, 1.165) is 0 Å². The van der Waals surface area contributed by atoms with E-state index in [4.69, 9.17) is 5.73 Å². The zero-order valence-corrected chi connectivity index (χ0v) is 7.00. The molecule has 0 amide bonds. The summed E-state index contributed by atoms with van der Waals surface area (Å²) in [5.41, 5.74) is 6.57. The van der Waals surface area contributed by atoms with Gasteiger partial charge in [0.15, 0.2) is 0 Å². The monoisotopic (exact) mass is 166 g/mol. The summed E-state index contributed by atoms with van der Waals surface area (Å²) in [6, 6.07) is 3.11. The minimum Gasteiger partial charge on any atom is -0.465 e. The highest BCUT2D eigenvalue weighted by atomic mass is 16.5. The van der Waals surface area contributed by atoms with Gasteiger partial charge in [-0.3, -0.25) is 0 Å². The SMILES string of the molecule is COC(=O)c1cc(C)nc(N)c1. The van der Waals surface area contributed by atoms with Crippen molar-refractivity contribution in [3.8, 4) is 0 Å². The molecule has 0 bridgehead atoms. The molecule has 64 valence electrons. The molecule has 0 fully saturated rings. The molecule has 0 aliphatic heterocycles. The van der Waals surface area contributed by atoms with Gasteiger partial charge in [-0.25, -0.2) is 9.78 Å². The first kappa shape index (κ1) is 8.52. The van der Waals surface area contributed by atoms with Gasteiger partial charge in [-0.15, -0.1) is 0 Å². The maximum absolute atomic E-state index is 11.0. The van der Waals surface area contributed by atoms with E-state index in [1.165, 1.54) is 13.2 Å². The summed E-state index contributed by atoms with van der Waals surface area (Å²) in [5.74, 6) is -0.0670. The van der Waals surface area contributed by atoms with Crippen molar-refractivity contribution in [3.05, 3.63) is 23.4 Å². The zero-order chi connectivity index (χ0) is 9.14. The second-order valence-electron chi connectivity index (χ2n) is 2.41. The quantitative estimate of drug-likeness (QED) is 0.625. The van der Waals surface area contributed by atoms with Crippen molar-refractivity contribution in [1.82, 2.24) is 4.98 Å². The van der Waals surface area contributed by atoms with Crippen LogP contribution in [-0.4, -0.2) is 18.1 Å². The van der Waals surface area contributed by atoms with Crippen LogP contribution in [0.15, 0.2) is 12.1 Å². The molecule has 1 rings (SSSR count). The highest BCUT2D eigenvalue weighted by Crippen LogP contribution is 2.07. The number of nitrogens with two attached hydrogens (primary N) is 1. The van der Waals surface area contributed by atoms with E-state index in [-0.39, 0.29) is 0 Å². The van der Waals surface area contributed by atoms with Crippen molar-refractivity contribution in [3.63, 3.8) is 0 Å². The number of anilines is 1. The van der Waals surface area contributed by atoms with Crippen LogP contribution in [0.5, 0.6) is 0 Å². The lowest BCUT2D eigenvalue weighted by Crippen LogP contribution is -2.04. The van der Waals surface area contributed by atoms with Gasteiger partial charge in [-0.1, -0.05) is 0 Å². The molecule has 2 N–H and O–H groups in total. The third-order valence-corrected chi connectivity index (χ3v) is 1.39. The lowest BCUT2D eigenvalue weighted by Gasteiger charge is -2.01. The van der Waals surface area contributed by atoms with Gasteiger partial charge >= 0.3 is 5.97 Å². The second-order valence-corrected chi connectivity index (χ2v) is 2.41. The molecule has 0 aromatic carbocycles. The fourth-order valence-corrected chi connectivity index (χ4v) is 0.930. The van der Waals surface area contributed by atoms with Gasteiger partial charge < -0.3 is 10.5 Å². The molecule has 1 aromatic rings. The zero-order valence-electron chi connectivity index (χ0n) is 7.00. The molecule has 12 heavy (non-hydrogen) atoms. The molecule has 4 heteroatoms. The fourth-order valence-electron chi connectivity index (χ4n) is 0.930. The first-order valence-corrected chi connectivity index (χ1v) is 3.46. The maximum atomic E-state index is 11.0. The number of aromatic nitrogens is 1. The molecule has 0 saturated heterocycles. The highest BCUT2D eigenvalue weighted by molar-refractivity contribution is 5.90. The Morgan fingerprint density at radius 2 is 2.25 bits per heavy atom. The Kier molecular flexibility index (Phi) is 2.28. The summed E-state index contributed by atoms with van der Waals surface area (Å²) < 4.78 is 4.52. The Morgan fingerprint density at radius 3 is 2.75 bits per heavy atom. The van der Waals surface area contributed by atoms with Crippen LogP contribution in [0.4, 0.5) is 5.82 Å². The predicted molar refractivity (Wildman–Crippen MR) is 44.7 cm³/mol. The molecule has 0 aliphatic carbocycles. The van der Waals surface area contributed by atoms with Crippen LogP contribution in [0.25, 0.3) is 0 Å². The number of nitrogens with zero attached hydrogens (tertiary/aromatic N) is 1. The lowest BCUT2D eigenvalue weighted by atomic mass is 10.2. The number of rotatable bonds is 1. The average molecular weight is 166 g/mol. The van der Waals surface area contributed by atoms with Gasteiger partial charge in [0.2, 0.25) is 0 Å². The van der Waals surface area contributed by atoms with E-state index in [9.17, 15) is 4.79 Å². The highest BCUT2D eigenvalue weighted by Gasteiger charge is 2.06. The largest absolute Gasteiger partial charge is 0.465 e. The summed E-state index contributed by atoms with van der Waals surface area (Å²) >= 11 is 0. The van der Waals surface area contributed by atoms with Crippen molar-refractivity contribution in [1.29, 1.82) is 0 Å². The van der Waals surface area contributed by atoms with Crippen LogP contribution in [0.3, 0.4) is 0 Å². The van der Waals surface area contributed by atoms with Crippen LogP contribution >= 0.6 is 0 Å². The van der Waals surface area contributed by atoms with E-state index in [1.54, 1.807) is 13.0 Å². The van der Waals surface area contributed by atoms with Crippen LogP contribution in [0.2, 0.25) is 0 Å². The molecule has 0 spiro atoms. The molecule has 0 atom stereocenters. The molecule has 0 aliphatic rings. The van der Waals surface area contributed by atoms with E-state index in [2.05, 4.69) is 9.72 Å². The topological polar surface area (TPSA) is 65.2 Å². The van der Waals surface area contributed by atoms with Crippen LogP contribution in [0.1, 0.15) is 16.1 Å². The molecule has 0 radical (unpaired) electrons. The number of ether oxygens (including phenoxy) is 1. The summed E-state index contributed by atoms with van der Waals surface area (Å²) in [6.45, 7) is 1.77. The number of pyridine rings is 1. The van der Waals surface area contributed by atoms with Gasteiger partial charge in [-0.2, -0.15) is 0 Å². The first-order valence-electron chi connectivity index (χ1n) is 3.46. The Morgan fingerprint density at radius 1 is 1.58 bits per heavy atom. The van der Waals surface area contributed by atoms with Crippen molar-refractivity contribution < 1.29 is 9.53 Å². The standard InChI is InChI=1S/C8H10N2O2/c1-5-3-6(8(11)12-2)4-7(9)10-5/h3-4H,1-2H3,(H2,9,10). The van der Waals surface area contributed by atoms with Crippen molar-refractivity contribution in [2.45, 2.75) is 6.92 Å². The van der Waals surface area contributed by atoms with Gasteiger partial charge in [0, 0.05) is 5.69 Å². The van der Waals surface area contributed by atoms with Crippen LogP contribution in [-0.2, 0) is 4.74 Å². The molecule has 1 aromatic heterocycles. The molecule has 4 nitrogen and oxygen atoms in total. The number of hydrogen-bond donors (Lipinski definition) is 1. The summed E-state index contributed by atoms with van der Waals surface area (Å²) in [6.07, 6.45) is 0. The smallest absolute Gasteiger partial charge is 0.338 e. The number of carbonyl (C=O) groups excluding carboxylic acids is 1. The minimum absolute atomic E-state index is 0.329. The Labute approximate surface area is 70.4 Å². The summed E-state index contributed by atoms with van der Waals surface area (Å²) in [5, 5.41) is 0. The number of methoxy groups -OCH3 is 1.